The Labute approximate surface area is 226 Å². The first kappa shape index (κ1) is 30.7. The highest BCUT2D eigenvalue weighted by Crippen LogP contribution is 2.39. The van der Waals surface area contributed by atoms with Gasteiger partial charge < -0.3 is 0 Å². The fraction of sp³-hybridized carbons (Fsp3) is 0.419. The van der Waals surface area contributed by atoms with Crippen molar-refractivity contribution >= 4 is 42.8 Å². The normalized spacial score (nSPS) is 16.3. The summed E-state index contributed by atoms with van der Waals surface area (Å²) >= 11 is 14.2. The number of rotatable bonds is 8. The summed E-state index contributed by atoms with van der Waals surface area (Å²) in [6.45, 7) is 23.9. The first-order valence-electron chi connectivity index (χ1n) is 12.0. The smallest absolute Gasteiger partial charge is 0.0102 e. The number of hydrogen-bond acceptors (Lipinski definition) is 3. The Hall–Kier alpha value is -1.29. The van der Waals surface area contributed by atoms with Crippen LogP contribution in [0.5, 0.6) is 0 Å². The second-order valence-electron chi connectivity index (χ2n) is 9.63. The molecule has 3 heteroatoms. The van der Waals surface area contributed by atoms with Crippen molar-refractivity contribution in [2.24, 2.45) is 5.92 Å². The molecule has 34 heavy (non-hydrogen) atoms. The van der Waals surface area contributed by atoms with Gasteiger partial charge in [0.1, 0.15) is 0 Å². The lowest BCUT2D eigenvalue weighted by Gasteiger charge is -2.27. The lowest BCUT2D eigenvalue weighted by molar-refractivity contribution is 0.563. The van der Waals surface area contributed by atoms with Crippen molar-refractivity contribution in [3.63, 3.8) is 0 Å². The summed E-state index contributed by atoms with van der Waals surface area (Å²) < 4.78 is 0. The van der Waals surface area contributed by atoms with Crippen molar-refractivity contribution < 1.29 is 0 Å². The first-order chi connectivity index (χ1) is 15.8. The minimum atomic E-state index is 0.311. The summed E-state index contributed by atoms with van der Waals surface area (Å²) in [4.78, 5) is 2.10. The molecule has 186 valence electrons. The Kier molecular flexibility index (Phi) is 12.4. The van der Waals surface area contributed by atoms with Gasteiger partial charge in [0.15, 0.2) is 0 Å². The molecule has 0 heterocycles. The molecule has 0 amide bonds. The zero-order chi connectivity index (χ0) is 26.3. The van der Waals surface area contributed by atoms with Gasteiger partial charge in [-0.3, -0.25) is 0 Å². The summed E-state index contributed by atoms with van der Waals surface area (Å²) in [7, 11) is 0. The zero-order valence-corrected chi connectivity index (χ0v) is 25.6. The number of thiol groups is 3. The average Bonchev–Trinajstić information content (AvgIpc) is 2.81. The predicted octanol–water partition coefficient (Wildman–Crippen LogP) is 10.6. The molecule has 0 bridgehead atoms. The van der Waals surface area contributed by atoms with E-state index in [1.54, 1.807) is 0 Å². The fourth-order valence-electron chi connectivity index (χ4n) is 4.24. The van der Waals surface area contributed by atoms with E-state index < -0.39 is 0 Å². The van der Waals surface area contributed by atoms with E-state index in [4.69, 9.17) is 25.3 Å². The van der Waals surface area contributed by atoms with E-state index >= 15 is 0 Å². The van der Waals surface area contributed by atoms with E-state index in [2.05, 4.69) is 106 Å². The minimum Gasteiger partial charge on any atom is -0.151 e. The highest BCUT2D eigenvalue weighted by molar-refractivity contribution is 7.90. The van der Waals surface area contributed by atoms with Crippen LogP contribution in [0.2, 0.25) is 0 Å². The largest absolute Gasteiger partial charge is 0.151 e. The van der Waals surface area contributed by atoms with Crippen LogP contribution in [0.1, 0.15) is 90.5 Å². The average molecular weight is 513 g/mol. The molecule has 0 saturated carbocycles. The zero-order valence-electron chi connectivity index (χ0n) is 23.0. The third-order valence-corrected chi connectivity index (χ3v) is 8.69. The molecule has 0 aliphatic carbocycles. The van der Waals surface area contributed by atoms with Gasteiger partial charge >= 0.3 is 0 Å². The number of allylic oxidation sites excluding steroid dienone is 9. The van der Waals surface area contributed by atoms with Crippen molar-refractivity contribution in [2.45, 2.75) is 82.1 Å². The maximum absolute atomic E-state index is 4.83. The number of hydrogen-bond donors (Lipinski definition) is 3. The Morgan fingerprint density at radius 2 is 1.44 bits per heavy atom. The molecular weight excluding hydrogens is 469 g/mol. The third-order valence-electron chi connectivity index (χ3n) is 7.04. The monoisotopic (exact) mass is 512 g/mol. The van der Waals surface area contributed by atoms with Crippen LogP contribution >= 0.6 is 37.9 Å². The molecule has 2 atom stereocenters. The highest BCUT2D eigenvalue weighted by atomic mass is 32.1. The summed E-state index contributed by atoms with van der Waals surface area (Å²) in [6.07, 6.45) is 6.19. The summed E-state index contributed by atoms with van der Waals surface area (Å²) in [5, 5.41) is 1.99. The van der Waals surface area contributed by atoms with Gasteiger partial charge in [-0.15, -0.1) is 25.3 Å². The fourth-order valence-corrected chi connectivity index (χ4v) is 5.15. The van der Waals surface area contributed by atoms with E-state index in [1.165, 1.54) is 50.1 Å². The van der Waals surface area contributed by atoms with Crippen LogP contribution in [0.4, 0.5) is 0 Å². The van der Waals surface area contributed by atoms with Gasteiger partial charge in [-0.25, -0.2) is 0 Å². The molecule has 1 aromatic carbocycles. The van der Waals surface area contributed by atoms with E-state index in [0.29, 0.717) is 11.8 Å². The van der Waals surface area contributed by atoms with Crippen molar-refractivity contribution in [3.05, 3.63) is 96.4 Å². The Morgan fingerprint density at radius 1 is 0.853 bits per heavy atom. The lowest BCUT2D eigenvalue weighted by Crippen LogP contribution is -2.13. The quantitative estimate of drug-likeness (QED) is 0.224. The Bertz CT molecular complexity index is 1080. The van der Waals surface area contributed by atoms with Crippen LogP contribution in [-0.2, 0) is 0 Å². The van der Waals surface area contributed by atoms with Gasteiger partial charge in [0, 0.05) is 9.81 Å². The molecule has 1 aromatic rings. The molecule has 2 unspecified atom stereocenters. The first-order valence-corrected chi connectivity index (χ1v) is 13.4. The third kappa shape index (κ3) is 7.35. The Morgan fingerprint density at radius 3 is 1.94 bits per heavy atom. The van der Waals surface area contributed by atoms with Crippen LogP contribution in [0, 0.1) is 19.8 Å². The van der Waals surface area contributed by atoms with Gasteiger partial charge in [0.25, 0.3) is 0 Å². The van der Waals surface area contributed by atoms with Crippen LogP contribution in [0.15, 0.2) is 74.1 Å². The van der Waals surface area contributed by atoms with Gasteiger partial charge in [-0.05, 0) is 130 Å². The highest BCUT2D eigenvalue weighted by Gasteiger charge is 2.23. The van der Waals surface area contributed by atoms with E-state index in [1.807, 2.05) is 18.4 Å². The van der Waals surface area contributed by atoms with Crippen molar-refractivity contribution in [2.75, 3.05) is 0 Å². The van der Waals surface area contributed by atoms with Crippen molar-refractivity contribution in [1.29, 1.82) is 0 Å². The predicted molar refractivity (Wildman–Crippen MR) is 166 cm³/mol. The van der Waals surface area contributed by atoms with Crippen molar-refractivity contribution in [1.82, 2.24) is 0 Å². The molecule has 0 aliphatic rings. The SMILES string of the molecule is C/C=C/C=C(C)\C(S)=C(C)/C(C)=C(C)\C(=C\S)C(C)C(C)c1cc(C)c(C(S)=C(C)C)cc1C. The van der Waals surface area contributed by atoms with Crippen LogP contribution in [-0.4, -0.2) is 0 Å². The van der Waals surface area contributed by atoms with Crippen LogP contribution in [0.25, 0.3) is 4.91 Å². The second-order valence-corrected chi connectivity index (χ2v) is 10.8. The van der Waals surface area contributed by atoms with E-state index in [0.717, 1.165) is 15.4 Å². The summed E-state index contributed by atoms with van der Waals surface area (Å²) in [6, 6.07) is 4.64. The molecule has 0 aliphatic heterocycles. The second kappa shape index (κ2) is 13.7. The maximum Gasteiger partial charge on any atom is 0.0102 e. The Balaban J connectivity index is 3.46. The molecular formula is C31H44S3. The van der Waals surface area contributed by atoms with Crippen LogP contribution in [0.3, 0.4) is 0 Å². The number of aryl methyl sites for hydroxylation is 2. The molecule has 0 spiro atoms. The molecule has 0 radical (unpaired) electrons. The van der Waals surface area contributed by atoms with Crippen LogP contribution < -0.4 is 0 Å². The molecule has 0 nitrogen and oxygen atoms in total. The van der Waals surface area contributed by atoms with Gasteiger partial charge in [0.05, 0.1) is 0 Å². The van der Waals surface area contributed by atoms with Gasteiger partial charge in [-0.2, -0.15) is 12.6 Å². The van der Waals surface area contributed by atoms with Gasteiger partial charge in [-0.1, -0.05) is 49.8 Å². The summed E-state index contributed by atoms with van der Waals surface area (Å²) in [5.74, 6) is 0.659. The minimum absolute atomic E-state index is 0.311. The topological polar surface area (TPSA) is 0 Å². The van der Waals surface area contributed by atoms with E-state index in [9.17, 15) is 0 Å². The standard InChI is InChI=1S/C31H44S3/c1-12-13-14-19(4)31(34)26(11)22(7)23(8)29(17-32)25(10)24(9)27-15-21(6)28(16-20(27)5)30(33)18(2)3/h12-17,24-25,32-34H,1-11H3/b13-12+,19-14-,23-22-,29-17-,31-26+. The van der Waals surface area contributed by atoms with Gasteiger partial charge in [0.2, 0.25) is 0 Å². The molecule has 0 aromatic heterocycles. The summed E-state index contributed by atoms with van der Waals surface area (Å²) in [5.41, 5.74) is 12.6. The maximum atomic E-state index is 4.83. The molecule has 1 rings (SSSR count). The van der Waals surface area contributed by atoms with Crippen molar-refractivity contribution in [3.8, 4) is 0 Å². The lowest BCUT2D eigenvalue weighted by atomic mass is 9.78. The number of benzene rings is 1. The van der Waals surface area contributed by atoms with E-state index in [-0.39, 0.29) is 0 Å². The molecule has 0 N–H and O–H groups in total. The molecule has 0 saturated heterocycles. The molecule has 0 fully saturated rings.